The Morgan fingerprint density at radius 1 is 1.00 bits per heavy atom. The van der Waals surface area contributed by atoms with Crippen LogP contribution in [0.1, 0.15) is 20.7 Å². The molecule has 0 unspecified atom stereocenters. The summed E-state index contributed by atoms with van der Waals surface area (Å²) in [5.41, 5.74) is -0.621. The van der Waals surface area contributed by atoms with Gasteiger partial charge < -0.3 is 9.84 Å². The zero-order chi connectivity index (χ0) is 17.3. The molecule has 120 valence electrons. The third-order valence-corrected chi connectivity index (χ3v) is 6.36. The molecule has 0 aliphatic heterocycles. The molecule has 23 heavy (non-hydrogen) atoms. The number of esters is 1. The number of hydrogen-bond donors (Lipinski definition) is 1. The van der Waals surface area contributed by atoms with E-state index in [2.05, 4.69) is 0 Å². The fraction of sp³-hybridized carbons (Fsp3) is 0. The summed E-state index contributed by atoms with van der Waals surface area (Å²) in [5.74, 6) is -6.22. The maximum absolute atomic E-state index is 13.8. The average Bonchev–Trinajstić information content (AvgIpc) is 2.47. The van der Waals surface area contributed by atoms with Crippen molar-refractivity contribution in [1.82, 2.24) is 0 Å². The summed E-state index contributed by atoms with van der Waals surface area (Å²) in [6.45, 7) is 0. The van der Waals surface area contributed by atoms with Crippen LogP contribution in [-0.4, -0.2) is 17.0 Å². The van der Waals surface area contributed by atoms with E-state index in [1.807, 2.05) is 73.8 Å². The van der Waals surface area contributed by atoms with Gasteiger partial charge in [0.15, 0.2) is 11.6 Å². The fourth-order valence-electron chi connectivity index (χ4n) is 1.64. The van der Waals surface area contributed by atoms with Gasteiger partial charge in [-0.1, -0.05) is 0 Å². The van der Waals surface area contributed by atoms with Crippen molar-refractivity contribution < 1.29 is 28.2 Å². The van der Waals surface area contributed by atoms with E-state index >= 15 is 0 Å². The second-order valence-electron chi connectivity index (χ2n) is 4.18. The van der Waals surface area contributed by atoms with Crippen molar-refractivity contribution in [2.24, 2.45) is 0 Å². The molecule has 2 rings (SSSR count). The number of carboxylic acid groups (broad SMARTS) is 1. The van der Waals surface area contributed by atoms with Gasteiger partial charge in [0.05, 0.1) is 11.1 Å². The summed E-state index contributed by atoms with van der Waals surface area (Å²) in [6, 6.07) is 5.16. The summed E-state index contributed by atoms with van der Waals surface area (Å²) in [4.78, 5) is 22.9. The Labute approximate surface area is 170 Å². The number of carbonyl (C=O) groups excluding carboxylic acids is 1. The Hall–Kier alpha value is -0.570. The number of halogens is 5. The van der Waals surface area contributed by atoms with Crippen LogP contribution in [0.15, 0.2) is 24.3 Å². The normalized spacial score (nSPS) is 10.5. The molecule has 4 nitrogen and oxygen atoms in total. The Bertz CT molecular complexity index is 824. The van der Waals surface area contributed by atoms with Gasteiger partial charge in [-0.25, -0.2) is 14.0 Å². The van der Waals surface area contributed by atoms with Crippen molar-refractivity contribution in [2.45, 2.75) is 0 Å². The molecule has 0 heterocycles. The minimum atomic E-state index is -1.61. The lowest BCUT2D eigenvalue weighted by molar-refractivity contribution is 0.0690. The highest BCUT2D eigenvalue weighted by molar-refractivity contribution is 14.1. The predicted octanol–water partition coefficient (Wildman–Crippen LogP) is 4.70. The lowest BCUT2D eigenvalue weighted by atomic mass is 10.2. The Kier molecular flexibility index (Phi) is 6.16. The van der Waals surface area contributed by atoms with Gasteiger partial charge in [0, 0.05) is 10.7 Å². The minimum Gasteiger partial charge on any atom is -0.478 e. The number of aromatic carboxylic acids is 1. The molecular weight excluding hydrogens is 651 g/mol. The summed E-state index contributed by atoms with van der Waals surface area (Å²) in [5, 5.41) is 8.72. The van der Waals surface area contributed by atoms with Gasteiger partial charge in [0.2, 0.25) is 5.82 Å². The number of ether oxygens (including phenoxy) is 1. The number of carbonyl (C=O) groups is 2. The molecule has 0 aliphatic rings. The highest BCUT2D eigenvalue weighted by Crippen LogP contribution is 2.27. The van der Waals surface area contributed by atoms with E-state index < -0.39 is 34.9 Å². The van der Waals surface area contributed by atoms with Crippen LogP contribution in [-0.2, 0) is 0 Å². The van der Waals surface area contributed by atoms with Crippen LogP contribution < -0.4 is 4.74 Å². The number of carboxylic acids is 1. The highest BCUT2D eigenvalue weighted by atomic mass is 127. The molecule has 0 bridgehead atoms. The van der Waals surface area contributed by atoms with Crippen molar-refractivity contribution in [3.8, 4) is 5.75 Å². The molecule has 0 saturated heterocycles. The summed E-state index contributed by atoms with van der Waals surface area (Å²) >= 11 is 6.02. The van der Waals surface area contributed by atoms with E-state index in [1.165, 1.54) is 0 Å². The van der Waals surface area contributed by atoms with Crippen LogP contribution in [0, 0.1) is 22.3 Å². The molecule has 0 aromatic heterocycles. The van der Waals surface area contributed by atoms with Crippen LogP contribution in [0.2, 0.25) is 0 Å². The number of benzene rings is 2. The van der Waals surface area contributed by atoms with E-state index in [1.54, 1.807) is 6.07 Å². The van der Waals surface area contributed by atoms with Gasteiger partial charge in [0.25, 0.3) is 0 Å². The van der Waals surface area contributed by atoms with Gasteiger partial charge in [-0.15, -0.1) is 0 Å². The third-order valence-electron chi connectivity index (χ3n) is 2.69. The van der Waals surface area contributed by atoms with Crippen molar-refractivity contribution in [2.75, 3.05) is 0 Å². The van der Waals surface area contributed by atoms with Gasteiger partial charge in [-0.2, -0.15) is 4.39 Å². The van der Waals surface area contributed by atoms with E-state index in [-0.39, 0.29) is 5.56 Å². The van der Waals surface area contributed by atoms with Crippen molar-refractivity contribution >= 4 is 79.7 Å². The first-order valence-electron chi connectivity index (χ1n) is 5.80. The molecule has 0 saturated carbocycles. The molecule has 1 N–H and O–H groups in total. The molecule has 9 heteroatoms. The molecule has 0 spiro atoms. The molecule has 0 aliphatic carbocycles. The van der Waals surface area contributed by atoms with Gasteiger partial charge in [-0.05, 0) is 92.0 Å². The lowest BCUT2D eigenvalue weighted by Crippen LogP contribution is -2.14. The number of hydrogen-bond acceptors (Lipinski definition) is 3. The summed E-state index contributed by atoms with van der Waals surface area (Å²) < 4.78 is 34.6. The lowest BCUT2D eigenvalue weighted by Gasteiger charge is -2.10. The zero-order valence-electron chi connectivity index (χ0n) is 10.9. The van der Waals surface area contributed by atoms with Crippen LogP contribution in [0.5, 0.6) is 5.75 Å². The first-order valence-corrected chi connectivity index (χ1v) is 9.04. The van der Waals surface area contributed by atoms with Gasteiger partial charge >= 0.3 is 11.9 Å². The molecule has 2 aromatic rings. The SMILES string of the molecule is O=C(O)c1ccc(OC(=O)c2cc(I)cc(I)c2I)c(F)c1F. The first-order chi connectivity index (χ1) is 10.7. The smallest absolute Gasteiger partial charge is 0.344 e. The first kappa shape index (κ1) is 18.8. The molecule has 0 amide bonds. The Morgan fingerprint density at radius 3 is 2.26 bits per heavy atom. The zero-order valence-corrected chi connectivity index (χ0v) is 17.3. The molecular formula is C14H5F2I3O4. The van der Waals surface area contributed by atoms with Crippen LogP contribution >= 0.6 is 67.8 Å². The van der Waals surface area contributed by atoms with Crippen LogP contribution in [0.4, 0.5) is 8.78 Å². The average molecular weight is 656 g/mol. The van der Waals surface area contributed by atoms with Crippen LogP contribution in [0.3, 0.4) is 0 Å². The van der Waals surface area contributed by atoms with Crippen molar-refractivity contribution in [1.29, 1.82) is 0 Å². The fourth-order valence-corrected chi connectivity index (χ4v) is 4.01. The van der Waals surface area contributed by atoms with Crippen molar-refractivity contribution in [3.05, 3.63) is 57.7 Å². The third kappa shape index (κ3) is 4.10. The second kappa shape index (κ2) is 7.55. The summed E-state index contributed by atoms with van der Waals surface area (Å²) in [7, 11) is 0. The Morgan fingerprint density at radius 2 is 1.65 bits per heavy atom. The van der Waals surface area contributed by atoms with E-state index in [9.17, 15) is 18.4 Å². The monoisotopic (exact) mass is 656 g/mol. The molecule has 0 atom stereocenters. The number of rotatable bonds is 3. The largest absolute Gasteiger partial charge is 0.478 e. The van der Waals surface area contributed by atoms with E-state index in [4.69, 9.17) is 9.84 Å². The van der Waals surface area contributed by atoms with E-state index in [0.29, 0.717) is 3.57 Å². The molecule has 0 fully saturated rings. The minimum absolute atomic E-state index is 0.212. The van der Waals surface area contributed by atoms with Crippen molar-refractivity contribution in [3.63, 3.8) is 0 Å². The van der Waals surface area contributed by atoms with Gasteiger partial charge in [0.1, 0.15) is 0 Å². The maximum atomic E-state index is 13.8. The topological polar surface area (TPSA) is 63.6 Å². The predicted molar refractivity (Wildman–Crippen MR) is 103 cm³/mol. The van der Waals surface area contributed by atoms with Crippen LogP contribution in [0.25, 0.3) is 0 Å². The van der Waals surface area contributed by atoms with Gasteiger partial charge in [-0.3, -0.25) is 0 Å². The summed E-state index contributed by atoms with van der Waals surface area (Å²) in [6.07, 6.45) is 0. The molecule has 2 aromatic carbocycles. The quantitative estimate of drug-likeness (QED) is 0.226. The van der Waals surface area contributed by atoms with E-state index in [0.717, 1.165) is 19.3 Å². The standard InChI is InChI=1S/C14H5F2I3O4/c15-10-6(13(20)21)1-2-9(11(10)16)23-14(22)7-3-5(17)4-8(18)12(7)19/h1-4H,(H,20,21). The molecule has 0 radical (unpaired) electrons. The maximum Gasteiger partial charge on any atom is 0.344 e. The highest BCUT2D eigenvalue weighted by Gasteiger charge is 2.22. The Balaban J connectivity index is 2.39. The second-order valence-corrected chi connectivity index (χ2v) is 7.67.